The number of nitrogens with one attached hydrogen (secondary N) is 2. The molecule has 2 aromatic carbocycles. The van der Waals surface area contributed by atoms with Gasteiger partial charge in [0.1, 0.15) is 0 Å². The topological polar surface area (TPSA) is 58.2 Å². The van der Waals surface area contributed by atoms with Crippen molar-refractivity contribution in [2.75, 3.05) is 5.32 Å². The number of anilines is 1. The van der Waals surface area contributed by atoms with E-state index in [1.165, 1.54) is 21.6 Å². The number of amides is 2. The molecule has 0 saturated heterocycles. The third-order valence-corrected chi connectivity index (χ3v) is 6.46. The molecule has 140 valence electrons. The first-order valence-corrected chi connectivity index (χ1v) is 10.4. The van der Waals surface area contributed by atoms with Crippen LogP contribution in [0.1, 0.15) is 44.0 Å². The minimum Gasteiger partial charge on any atom is -0.349 e. The molecule has 0 spiro atoms. The lowest BCUT2D eigenvalue weighted by Crippen LogP contribution is -2.25. The maximum absolute atomic E-state index is 12.8. The van der Waals surface area contributed by atoms with Crippen LogP contribution in [0.25, 0.3) is 10.4 Å². The SMILES string of the molecule is O=C(NC1CC1)c1cccc(NC(=O)c2cc3c(s2)-c2ccccc2CC3)c1. The summed E-state index contributed by atoms with van der Waals surface area (Å²) in [4.78, 5) is 26.9. The van der Waals surface area contributed by atoms with Gasteiger partial charge in [0.25, 0.3) is 11.8 Å². The van der Waals surface area contributed by atoms with Crippen molar-refractivity contribution in [3.05, 3.63) is 76.2 Å². The summed E-state index contributed by atoms with van der Waals surface area (Å²) in [5, 5.41) is 5.92. The van der Waals surface area contributed by atoms with Gasteiger partial charge in [-0.1, -0.05) is 30.3 Å². The van der Waals surface area contributed by atoms with Gasteiger partial charge < -0.3 is 10.6 Å². The molecule has 3 aromatic rings. The number of hydrogen-bond donors (Lipinski definition) is 2. The Morgan fingerprint density at radius 2 is 1.71 bits per heavy atom. The molecule has 1 heterocycles. The van der Waals surface area contributed by atoms with E-state index in [0.717, 1.165) is 25.7 Å². The van der Waals surface area contributed by atoms with Crippen molar-refractivity contribution < 1.29 is 9.59 Å². The highest BCUT2D eigenvalue weighted by Gasteiger charge is 2.24. The van der Waals surface area contributed by atoms with Crippen molar-refractivity contribution in [1.29, 1.82) is 0 Å². The van der Waals surface area contributed by atoms with Crippen LogP contribution >= 0.6 is 11.3 Å². The maximum atomic E-state index is 12.8. The number of aryl methyl sites for hydroxylation is 2. The molecule has 2 N–H and O–H groups in total. The molecule has 2 aliphatic carbocycles. The average Bonchev–Trinajstić information content (AvgIpc) is 3.41. The van der Waals surface area contributed by atoms with E-state index in [2.05, 4.69) is 28.8 Å². The second-order valence-corrected chi connectivity index (χ2v) is 8.46. The Bertz CT molecular complexity index is 1080. The van der Waals surface area contributed by atoms with Gasteiger partial charge in [0, 0.05) is 22.2 Å². The average molecular weight is 388 g/mol. The van der Waals surface area contributed by atoms with Crippen molar-refractivity contribution in [3.8, 4) is 10.4 Å². The highest BCUT2D eigenvalue weighted by atomic mass is 32.1. The second-order valence-electron chi connectivity index (χ2n) is 7.40. The normalized spacial score (nSPS) is 14.7. The zero-order valence-corrected chi connectivity index (χ0v) is 16.1. The van der Waals surface area contributed by atoms with Crippen molar-refractivity contribution in [3.63, 3.8) is 0 Å². The van der Waals surface area contributed by atoms with Crippen LogP contribution in [0.4, 0.5) is 5.69 Å². The molecule has 5 heteroatoms. The van der Waals surface area contributed by atoms with E-state index in [0.29, 0.717) is 22.2 Å². The number of carbonyl (C=O) groups excluding carboxylic acids is 2. The molecule has 0 unspecified atom stereocenters. The van der Waals surface area contributed by atoms with Gasteiger partial charge in [-0.05, 0) is 66.6 Å². The van der Waals surface area contributed by atoms with E-state index in [-0.39, 0.29) is 11.8 Å². The second kappa shape index (κ2) is 6.91. The van der Waals surface area contributed by atoms with Gasteiger partial charge in [0.05, 0.1) is 4.88 Å². The number of rotatable bonds is 4. The number of benzene rings is 2. The summed E-state index contributed by atoms with van der Waals surface area (Å²) >= 11 is 1.54. The highest BCUT2D eigenvalue weighted by Crippen LogP contribution is 2.39. The van der Waals surface area contributed by atoms with Gasteiger partial charge in [-0.3, -0.25) is 9.59 Å². The first-order chi connectivity index (χ1) is 13.7. The zero-order valence-electron chi connectivity index (χ0n) is 15.3. The zero-order chi connectivity index (χ0) is 19.1. The van der Waals surface area contributed by atoms with E-state index in [1.54, 1.807) is 29.5 Å². The van der Waals surface area contributed by atoms with Gasteiger partial charge >= 0.3 is 0 Å². The number of carbonyl (C=O) groups is 2. The van der Waals surface area contributed by atoms with Gasteiger partial charge in [-0.2, -0.15) is 0 Å². The predicted molar refractivity (Wildman–Crippen MR) is 112 cm³/mol. The maximum Gasteiger partial charge on any atom is 0.265 e. The van der Waals surface area contributed by atoms with Crippen LogP contribution < -0.4 is 10.6 Å². The Labute approximate surface area is 167 Å². The van der Waals surface area contributed by atoms with Gasteiger partial charge in [0.2, 0.25) is 0 Å². The van der Waals surface area contributed by atoms with Crippen molar-refractivity contribution in [1.82, 2.24) is 5.32 Å². The Balaban J connectivity index is 1.36. The van der Waals surface area contributed by atoms with Crippen LogP contribution in [0.5, 0.6) is 0 Å². The first kappa shape index (κ1) is 17.2. The van der Waals surface area contributed by atoms with Gasteiger partial charge in [0.15, 0.2) is 0 Å². The third kappa shape index (κ3) is 3.34. The molecule has 2 aliphatic rings. The van der Waals surface area contributed by atoms with Gasteiger partial charge in [-0.25, -0.2) is 0 Å². The summed E-state index contributed by atoms with van der Waals surface area (Å²) < 4.78 is 0. The van der Waals surface area contributed by atoms with Crippen LogP contribution in [0, 0.1) is 0 Å². The molecule has 0 atom stereocenters. The van der Waals surface area contributed by atoms with Crippen LogP contribution in [-0.4, -0.2) is 17.9 Å². The standard InChI is InChI=1S/C23H20N2O2S/c26-22(24-17-10-11-17)16-5-3-6-18(12-16)25-23(27)20-13-15-9-8-14-4-1-2-7-19(14)21(15)28-20/h1-7,12-13,17H,8-11H2,(H,24,26)(H,25,27). The van der Waals surface area contributed by atoms with Crippen LogP contribution in [0.2, 0.25) is 0 Å². The van der Waals surface area contributed by atoms with Crippen LogP contribution in [0.15, 0.2) is 54.6 Å². The van der Waals surface area contributed by atoms with Crippen molar-refractivity contribution in [2.45, 2.75) is 31.7 Å². The summed E-state index contributed by atoms with van der Waals surface area (Å²) in [6.07, 6.45) is 4.08. The Kier molecular flexibility index (Phi) is 4.24. The molecule has 28 heavy (non-hydrogen) atoms. The van der Waals surface area contributed by atoms with Crippen molar-refractivity contribution >= 4 is 28.8 Å². The van der Waals surface area contributed by atoms with Crippen LogP contribution in [0.3, 0.4) is 0 Å². The van der Waals surface area contributed by atoms with E-state index in [1.807, 2.05) is 18.2 Å². The smallest absolute Gasteiger partial charge is 0.265 e. The van der Waals surface area contributed by atoms with E-state index < -0.39 is 0 Å². The number of thiophene rings is 1. The molecule has 0 radical (unpaired) electrons. The highest BCUT2D eigenvalue weighted by molar-refractivity contribution is 7.17. The predicted octanol–water partition coefficient (Wildman–Crippen LogP) is 4.66. The fraction of sp³-hybridized carbons (Fsp3) is 0.217. The molecule has 1 aromatic heterocycles. The summed E-state index contributed by atoms with van der Waals surface area (Å²) in [5.74, 6) is -0.210. The van der Waals surface area contributed by atoms with Crippen molar-refractivity contribution in [2.24, 2.45) is 0 Å². The molecule has 0 aliphatic heterocycles. The lowest BCUT2D eigenvalue weighted by atomic mass is 9.91. The third-order valence-electron chi connectivity index (χ3n) is 5.25. The first-order valence-electron chi connectivity index (χ1n) is 9.60. The van der Waals surface area contributed by atoms with E-state index >= 15 is 0 Å². The summed E-state index contributed by atoms with van der Waals surface area (Å²) in [6, 6.07) is 17.8. The molecule has 5 rings (SSSR count). The van der Waals surface area contributed by atoms with E-state index in [4.69, 9.17) is 0 Å². The number of hydrogen-bond acceptors (Lipinski definition) is 3. The van der Waals surface area contributed by atoms with Crippen LogP contribution in [-0.2, 0) is 12.8 Å². The Hall–Kier alpha value is -2.92. The summed E-state index contributed by atoms with van der Waals surface area (Å²) in [7, 11) is 0. The van der Waals surface area contributed by atoms with E-state index in [9.17, 15) is 9.59 Å². The lowest BCUT2D eigenvalue weighted by Gasteiger charge is -2.15. The molecule has 1 fully saturated rings. The molecular weight excluding hydrogens is 368 g/mol. The Morgan fingerprint density at radius 1 is 0.893 bits per heavy atom. The minimum absolute atomic E-state index is 0.0817. The fourth-order valence-corrected chi connectivity index (χ4v) is 4.78. The number of fused-ring (bicyclic) bond motifs is 3. The molecule has 4 nitrogen and oxygen atoms in total. The summed E-state index contributed by atoms with van der Waals surface area (Å²) in [5.41, 5.74) is 5.04. The molecular formula is C23H20N2O2S. The quantitative estimate of drug-likeness (QED) is 0.683. The summed E-state index contributed by atoms with van der Waals surface area (Å²) in [6.45, 7) is 0. The largest absolute Gasteiger partial charge is 0.349 e. The minimum atomic E-state index is -0.128. The molecule has 1 saturated carbocycles. The molecule has 2 amide bonds. The molecule has 0 bridgehead atoms. The fourth-order valence-electron chi connectivity index (χ4n) is 3.61. The lowest BCUT2D eigenvalue weighted by molar-refractivity contribution is 0.0949. The monoisotopic (exact) mass is 388 g/mol. The Morgan fingerprint density at radius 3 is 2.57 bits per heavy atom. The van der Waals surface area contributed by atoms with Gasteiger partial charge in [-0.15, -0.1) is 11.3 Å².